The number of ether oxygens (including phenoxy) is 2. The summed E-state index contributed by atoms with van der Waals surface area (Å²) in [5.41, 5.74) is 9.44. The van der Waals surface area contributed by atoms with Gasteiger partial charge in [0.05, 0.1) is 7.11 Å². The standard InChI is InChI=1S/C20H27NO2/c1-14(2)17-6-8-19(9-7-17)23-13-18-12-16(11-15(3)21)5-10-20(18)22-4/h5-10,12,14-15H,11,13,21H2,1-4H3. The average molecular weight is 313 g/mol. The second-order valence-corrected chi connectivity index (χ2v) is 6.34. The molecular weight excluding hydrogens is 286 g/mol. The molecule has 0 spiro atoms. The minimum atomic E-state index is 0.140. The minimum absolute atomic E-state index is 0.140. The smallest absolute Gasteiger partial charge is 0.125 e. The third-order valence-corrected chi connectivity index (χ3v) is 3.84. The summed E-state index contributed by atoms with van der Waals surface area (Å²) < 4.78 is 11.4. The maximum atomic E-state index is 5.92. The quantitative estimate of drug-likeness (QED) is 0.829. The molecule has 0 bridgehead atoms. The van der Waals surface area contributed by atoms with Crippen molar-refractivity contribution >= 4 is 0 Å². The fourth-order valence-corrected chi connectivity index (χ4v) is 2.55. The van der Waals surface area contributed by atoms with E-state index in [1.54, 1.807) is 7.11 Å². The maximum absolute atomic E-state index is 5.92. The Balaban J connectivity index is 2.08. The molecule has 1 unspecified atom stereocenters. The zero-order valence-corrected chi connectivity index (χ0v) is 14.5. The van der Waals surface area contributed by atoms with E-state index in [1.165, 1.54) is 11.1 Å². The Morgan fingerprint density at radius 2 is 1.70 bits per heavy atom. The first-order chi connectivity index (χ1) is 11.0. The van der Waals surface area contributed by atoms with Crippen LogP contribution in [0.4, 0.5) is 0 Å². The molecular formula is C20H27NO2. The van der Waals surface area contributed by atoms with Gasteiger partial charge in [-0.05, 0) is 54.7 Å². The van der Waals surface area contributed by atoms with Crippen LogP contribution >= 0.6 is 0 Å². The summed E-state index contributed by atoms with van der Waals surface area (Å²) in [5.74, 6) is 2.24. The molecule has 0 saturated carbocycles. The van der Waals surface area contributed by atoms with Gasteiger partial charge in [0.15, 0.2) is 0 Å². The number of hydrogen-bond donors (Lipinski definition) is 1. The molecule has 2 aromatic carbocycles. The molecule has 0 radical (unpaired) electrons. The predicted octanol–water partition coefficient (Wildman–Crippen LogP) is 4.29. The van der Waals surface area contributed by atoms with Crippen molar-refractivity contribution in [3.8, 4) is 11.5 Å². The van der Waals surface area contributed by atoms with Gasteiger partial charge in [-0.3, -0.25) is 0 Å². The fourth-order valence-electron chi connectivity index (χ4n) is 2.55. The Morgan fingerprint density at radius 1 is 1.00 bits per heavy atom. The van der Waals surface area contributed by atoms with Crippen LogP contribution in [0.25, 0.3) is 0 Å². The van der Waals surface area contributed by atoms with Crippen LogP contribution in [-0.4, -0.2) is 13.2 Å². The van der Waals surface area contributed by atoms with Gasteiger partial charge >= 0.3 is 0 Å². The fraction of sp³-hybridized carbons (Fsp3) is 0.400. The Bertz CT molecular complexity index is 618. The van der Waals surface area contributed by atoms with E-state index in [2.05, 4.69) is 38.1 Å². The molecule has 0 aliphatic rings. The van der Waals surface area contributed by atoms with Crippen molar-refractivity contribution in [1.29, 1.82) is 0 Å². The van der Waals surface area contributed by atoms with Gasteiger partial charge in [-0.15, -0.1) is 0 Å². The molecule has 2 aromatic rings. The average Bonchev–Trinajstić information content (AvgIpc) is 2.53. The van der Waals surface area contributed by atoms with E-state index < -0.39 is 0 Å². The summed E-state index contributed by atoms with van der Waals surface area (Å²) in [6.45, 7) is 6.86. The summed E-state index contributed by atoms with van der Waals surface area (Å²) in [5, 5.41) is 0. The van der Waals surface area contributed by atoms with Crippen LogP contribution in [-0.2, 0) is 13.0 Å². The third-order valence-electron chi connectivity index (χ3n) is 3.84. The highest BCUT2D eigenvalue weighted by Gasteiger charge is 2.07. The molecule has 2 rings (SSSR count). The van der Waals surface area contributed by atoms with Gasteiger partial charge in [-0.2, -0.15) is 0 Å². The van der Waals surface area contributed by atoms with Gasteiger partial charge in [-0.25, -0.2) is 0 Å². The molecule has 0 amide bonds. The molecule has 2 N–H and O–H groups in total. The lowest BCUT2D eigenvalue weighted by molar-refractivity contribution is 0.296. The molecule has 0 aliphatic carbocycles. The van der Waals surface area contributed by atoms with Crippen molar-refractivity contribution in [3.05, 3.63) is 59.2 Å². The molecule has 1 atom stereocenters. The monoisotopic (exact) mass is 313 g/mol. The maximum Gasteiger partial charge on any atom is 0.125 e. The summed E-state index contributed by atoms with van der Waals surface area (Å²) >= 11 is 0. The first-order valence-corrected chi connectivity index (χ1v) is 8.13. The molecule has 0 heterocycles. The van der Waals surface area contributed by atoms with E-state index >= 15 is 0 Å². The van der Waals surface area contributed by atoms with Gasteiger partial charge in [0.2, 0.25) is 0 Å². The van der Waals surface area contributed by atoms with Crippen LogP contribution in [0.2, 0.25) is 0 Å². The van der Waals surface area contributed by atoms with Gasteiger partial charge in [0.25, 0.3) is 0 Å². The molecule has 3 heteroatoms. The molecule has 23 heavy (non-hydrogen) atoms. The lowest BCUT2D eigenvalue weighted by Gasteiger charge is -2.14. The van der Waals surface area contributed by atoms with Crippen molar-refractivity contribution in [2.75, 3.05) is 7.11 Å². The van der Waals surface area contributed by atoms with Crippen molar-refractivity contribution in [2.24, 2.45) is 5.73 Å². The Labute approximate surface area is 139 Å². The number of nitrogens with two attached hydrogens (primary N) is 1. The van der Waals surface area contributed by atoms with Crippen molar-refractivity contribution in [2.45, 2.75) is 45.8 Å². The van der Waals surface area contributed by atoms with Crippen LogP contribution in [0.3, 0.4) is 0 Å². The summed E-state index contributed by atoms with van der Waals surface area (Å²) in [6.07, 6.45) is 0.847. The van der Waals surface area contributed by atoms with Crippen LogP contribution in [0.1, 0.15) is 43.4 Å². The first kappa shape index (κ1) is 17.4. The van der Waals surface area contributed by atoms with Crippen LogP contribution in [0, 0.1) is 0 Å². The minimum Gasteiger partial charge on any atom is -0.496 e. The van der Waals surface area contributed by atoms with Crippen molar-refractivity contribution in [3.63, 3.8) is 0 Å². The zero-order valence-electron chi connectivity index (χ0n) is 14.5. The van der Waals surface area contributed by atoms with Crippen LogP contribution < -0.4 is 15.2 Å². The lowest BCUT2D eigenvalue weighted by Crippen LogP contribution is -2.17. The Hall–Kier alpha value is -2.00. The van der Waals surface area contributed by atoms with E-state index in [0.29, 0.717) is 12.5 Å². The van der Waals surface area contributed by atoms with E-state index in [0.717, 1.165) is 23.5 Å². The first-order valence-electron chi connectivity index (χ1n) is 8.13. The topological polar surface area (TPSA) is 44.5 Å². The van der Waals surface area contributed by atoms with E-state index in [-0.39, 0.29) is 6.04 Å². The summed E-state index contributed by atoms with van der Waals surface area (Å²) in [6, 6.07) is 14.6. The molecule has 124 valence electrons. The normalized spacial score (nSPS) is 12.3. The highest BCUT2D eigenvalue weighted by atomic mass is 16.5. The second kappa shape index (κ2) is 8.02. The largest absolute Gasteiger partial charge is 0.496 e. The lowest BCUT2D eigenvalue weighted by atomic mass is 10.0. The van der Waals surface area contributed by atoms with Gasteiger partial charge in [-0.1, -0.05) is 32.0 Å². The van der Waals surface area contributed by atoms with Crippen molar-refractivity contribution < 1.29 is 9.47 Å². The number of rotatable bonds is 7. The molecule has 3 nitrogen and oxygen atoms in total. The molecule has 0 aromatic heterocycles. The Kier molecular flexibility index (Phi) is 6.05. The Morgan fingerprint density at radius 3 is 2.26 bits per heavy atom. The SMILES string of the molecule is COc1ccc(CC(C)N)cc1COc1ccc(C(C)C)cc1. The van der Waals surface area contributed by atoms with E-state index in [9.17, 15) is 0 Å². The number of methoxy groups -OCH3 is 1. The third kappa shape index (κ3) is 5.00. The van der Waals surface area contributed by atoms with Crippen LogP contribution in [0.15, 0.2) is 42.5 Å². The number of hydrogen-bond acceptors (Lipinski definition) is 3. The molecule has 0 aliphatic heterocycles. The summed E-state index contributed by atoms with van der Waals surface area (Å²) in [7, 11) is 1.68. The predicted molar refractivity (Wildman–Crippen MR) is 95.2 cm³/mol. The van der Waals surface area contributed by atoms with Crippen LogP contribution in [0.5, 0.6) is 11.5 Å². The molecule has 0 fully saturated rings. The summed E-state index contributed by atoms with van der Waals surface area (Å²) in [4.78, 5) is 0. The zero-order chi connectivity index (χ0) is 16.8. The van der Waals surface area contributed by atoms with Gasteiger partial charge < -0.3 is 15.2 Å². The van der Waals surface area contributed by atoms with Gasteiger partial charge in [0.1, 0.15) is 18.1 Å². The highest BCUT2D eigenvalue weighted by molar-refractivity contribution is 5.38. The number of benzene rings is 2. The van der Waals surface area contributed by atoms with E-state index in [4.69, 9.17) is 15.2 Å². The van der Waals surface area contributed by atoms with Crippen molar-refractivity contribution in [1.82, 2.24) is 0 Å². The molecule has 0 saturated heterocycles. The van der Waals surface area contributed by atoms with E-state index in [1.807, 2.05) is 25.1 Å². The highest BCUT2D eigenvalue weighted by Crippen LogP contribution is 2.24. The second-order valence-electron chi connectivity index (χ2n) is 6.34. The van der Waals surface area contributed by atoms with Gasteiger partial charge in [0, 0.05) is 11.6 Å².